The maximum absolute atomic E-state index is 13.2. The normalized spacial score (nSPS) is 12.2. The van der Waals surface area contributed by atoms with Gasteiger partial charge in [0.15, 0.2) is 0 Å². The Bertz CT molecular complexity index is 606. The topological polar surface area (TPSA) is 29.5 Å². The van der Waals surface area contributed by atoms with Crippen molar-refractivity contribution in [3.8, 4) is 5.75 Å². The van der Waals surface area contributed by atoms with E-state index in [1.165, 1.54) is 12.1 Å². The van der Waals surface area contributed by atoms with Gasteiger partial charge in [0.05, 0.1) is 6.10 Å². The molecule has 0 aliphatic carbocycles. The molecule has 0 heterocycles. The van der Waals surface area contributed by atoms with Crippen LogP contribution in [0.15, 0.2) is 36.4 Å². The van der Waals surface area contributed by atoms with E-state index in [-0.39, 0.29) is 5.82 Å². The minimum absolute atomic E-state index is 0.254. The number of rotatable bonds is 4. The van der Waals surface area contributed by atoms with Crippen molar-refractivity contribution in [3.05, 3.63) is 64.5 Å². The van der Waals surface area contributed by atoms with Crippen LogP contribution in [-0.2, 0) is 6.61 Å². The van der Waals surface area contributed by atoms with Crippen LogP contribution in [0.1, 0.15) is 35.3 Å². The van der Waals surface area contributed by atoms with Crippen LogP contribution in [0.4, 0.5) is 4.39 Å². The van der Waals surface area contributed by atoms with Gasteiger partial charge in [0, 0.05) is 0 Å². The van der Waals surface area contributed by atoms with Crippen LogP contribution in [0.5, 0.6) is 5.75 Å². The Kier molecular flexibility index (Phi) is 4.40. The number of hydrogen-bond acceptors (Lipinski definition) is 2. The summed E-state index contributed by atoms with van der Waals surface area (Å²) < 4.78 is 19.0. The molecule has 2 aromatic carbocycles. The molecule has 1 N–H and O–H groups in total. The lowest BCUT2D eigenvalue weighted by Gasteiger charge is -2.13. The Labute approximate surface area is 118 Å². The third-order valence-electron chi connectivity index (χ3n) is 3.38. The predicted molar refractivity (Wildman–Crippen MR) is 77.3 cm³/mol. The highest BCUT2D eigenvalue weighted by Gasteiger charge is 2.07. The fourth-order valence-corrected chi connectivity index (χ4v) is 2.05. The summed E-state index contributed by atoms with van der Waals surface area (Å²) in [5.41, 5.74) is 3.66. The van der Waals surface area contributed by atoms with Crippen LogP contribution in [0.3, 0.4) is 0 Å². The van der Waals surface area contributed by atoms with E-state index in [0.717, 1.165) is 28.0 Å². The number of aliphatic hydroxyl groups excluding tert-OH is 1. The Hall–Kier alpha value is -1.87. The van der Waals surface area contributed by atoms with Gasteiger partial charge in [0.2, 0.25) is 0 Å². The maximum Gasteiger partial charge on any atom is 0.123 e. The molecule has 0 spiro atoms. The van der Waals surface area contributed by atoms with Crippen molar-refractivity contribution in [2.45, 2.75) is 33.5 Å². The molecule has 0 radical (unpaired) electrons. The molecule has 2 rings (SSSR count). The molecule has 0 aliphatic heterocycles. The number of aliphatic hydroxyl groups is 1. The molecule has 0 aromatic heterocycles. The fourth-order valence-electron chi connectivity index (χ4n) is 2.05. The number of ether oxygens (including phenoxy) is 1. The highest BCUT2D eigenvalue weighted by atomic mass is 19.1. The number of halogens is 1. The molecule has 0 saturated carbocycles. The minimum Gasteiger partial charge on any atom is -0.489 e. The van der Waals surface area contributed by atoms with Gasteiger partial charge < -0.3 is 9.84 Å². The summed E-state index contributed by atoms with van der Waals surface area (Å²) in [5, 5.41) is 9.53. The molecule has 3 heteroatoms. The second-order valence-corrected chi connectivity index (χ2v) is 5.06. The fraction of sp³-hybridized carbons (Fsp3) is 0.294. The molecule has 20 heavy (non-hydrogen) atoms. The summed E-state index contributed by atoms with van der Waals surface area (Å²) in [6.07, 6.45) is -0.492. The number of benzene rings is 2. The SMILES string of the molecule is Cc1ccc(F)cc1COc1ccc([C@H](C)O)cc1C. The second kappa shape index (κ2) is 6.06. The zero-order valence-corrected chi connectivity index (χ0v) is 12.0. The summed E-state index contributed by atoms with van der Waals surface area (Å²) in [6.45, 7) is 5.92. The molecule has 2 nitrogen and oxygen atoms in total. The van der Waals surface area contributed by atoms with E-state index in [0.29, 0.717) is 6.61 Å². The number of hydrogen-bond donors (Lipinski definition) is 1. The Morgan fingerprint density at radius 2 is 1.85 bits per heavy atom. The van der Waals surface area contributed by atoms with E-state index in [1.54, 1.807) is 13.0 Å². The van der Waals surface area contributed by atoms with Crippen molar-refractivity contribution in [3.63, 3.8) is 0 Å². The van der Waals surface area contributed by atoms with Gasteiger partial charge in [-0.1, -0.05) is 12.1 Å². The minimum atomic E-state index is -0.492. The Morgan fingerprint density at radius 1 is 1.10 bits per heavy atom. The van der Waals surface area contributed by atoms with Crippen molar-refractivity contribution in [2.75, 3.05) is 0 Å². The average Bonchev–Trinajstić information content (AvgIpc) is 2.40. The molecule has 0 fully saturated rings. The van der Waals surface area contributed by atoms with E-state index in [1.807, 2.05) is 32.0 Å². The third-order valence-corrected chi connectivity index (χ3v) is 3.38. The highest BCUT2D eigenvalue weighted by Crippen LogP contribution is 2.24. The predicted octanol–water partition coefficient (Wildman–Crippen LogP) is 4.07. The van der Waals surface area contributed by atoms with Gasteiger partial charge in [-0.15, -0.1) is 0 Å². The van der Waals surface area contributed by atoms with Gasteiger partial charge in [-0.25, -0.2) is 4.39 Å². The lowest BCUT2D eigenvalue weighted by Crippen LogP contribution is -2.01. The van der Waals surface area contributed by atoms with E-state index >= 15 is 0 Å². The molecule has 0 bridgehead atoms. The maximum atomic E-state index is 13.2. The molecule has 2 aromatic rings. The molecule has 0 saturated heterocycles. The Balaban J connectivity index is 2.13. The molecule has 0 unspecified atom stereocenters. The zero-order chi connectivity index (χ0) is 14.7. The first-order chi connectivity index (χ1) is 9.47. The summed E-state index contributed by atoms with van der Waals surface area (Å²) in [4.78, 5) is 0. The van der Waals surface area contributed by atoms with E-state index < -0.39 is 6.10 Å². The molecule has 0 amide bonds. The smallest absolute Gasteiger partial charge is 0.123 e. The van der Waals surface area contributed by atoms with Crippen LogP contribution >= 0.6 is 0 Å². The summed E-state index contributed by atoms with van der Waals surface area (Å²) >= 11 is 0. The van der Waals surface area contributed by atoms with Gasteiger partial charge in [-0.05, 0) is 67.3 Å². The third kappa shape index (κ3) is 3.36. The lowest BCUT2D eigenvalue weighted by atomic mass is 10.1. The largest absolute Gasteiger partial charge is 0.489 e. The molecular formula is C17H19FO2. The average molecular weight is 274 g/mol. The van der Waals surface area contributed by atoms with Gasteiger partial charge in [0.25, 0.3) is 0 Å². The van der Waals surface area contributed by atoms with Crippen molar-refractivity contribution in [1.29, 1.82) is 0 Å². The van der Waals surface area contributed by atoms with Crippen LogP contribution in [0, 0.1) is 19.7 Å². The van der Waals surface area contributed by atoms with Gasteiger partial charge in [-0.3, -0.25) is 0 Å². The van der Waals surface area contributed by atoms with Crippen molar-refractivity contribution >= 4 is 0 Å². The van der Waals surface area contributed by atoms with Gasteiger partial charge in [-0.2, -0.15) is 0 Å². The first-order valence-electron chi connectivity index (χ1n) is 6.64. The monoisotopic (exact) mass is 274 g/mol. The quantitative estimate of drug-likeness (QED) is 0.910. The van der Waals surface area contributed by atoms with E-state index in [2.05, 4.69) is 0 Å². The van der Waals surface area contributed by atoms with Gasteiger partial charge in [0.1, 0.15) is 18.2 Å². The van der Waals surface area contributed by atoms with Crippen molar-refractivity contribution in [1.82, 2.24) is 0 Å². The van der Waals surface area contributed by atoms with Crippen LogP contribution < -0.4 is 4.74 Å². The first kappa shape index (κ1) is 14.5. The van der Waals surface area contributed by atoms with Crippen LogP contribution in [0.2, 0.25) is 0 Å². The Morgan fingerprint density at radius 3 is 2.50 bits per heavy atom. The lowest BCUT2D eigenvalue weighted by molar-refractivity contribution is 0.199. The highest BCUT2D eigenvalue weighted by molar-refractivity contribution is 5.37. The first-order valence-corrected chi connectivity index (χ1v) is 6.64. The standard InChI is InChI=1S/C17H19FO2/c1-11-4-6-16(18)9-15(11)10-20-17-7-5-14(13(3)19)8-12(17)2/h4-9,13,19H,10H2,1-3H3/t13-/m0/s1. The van der Waals surface area contributed by atoms with Crippen molar-refractivity contribution < 1.29 is 14.2 Å². The van der Waals surface area contributed by atoms with Crippen LogP contribution in [-0.4, -0.2) is 5.11 Å². The zero-order valence-electron chi connectivity index (χ0n) is 12.0. The summed E-state index contributed by atoms with van der Waals surface area (Å²) in [7, 11) is 0. The molecular weight excluding hydrogens is 255 g/mol. The van der Waals surface area contributed by atoms with Crippen LogP contribution in [0.25, 0.3) is 0 Å². The van der Waals surface area contributed by atoms with E-state index in [9.17, 15) is 9.50 Å². The summed E-state index contributed by atoms with van der Waals surface area (Å²) in [6, 6.07) is 10.3. The molecule has 1 atom stereocenters. The molecule has 106 valence electrons. The molecule has 0 aliphatic rings. The second-order valence-electron chi connectivity index (χ2n) is 5.06. The number of aryl methyl sites for hydroxylation is 2. The summed E-state index contributed by atoms with van der Waals surface area (Å²) in [5.74, 6) is 0.494. The van der Waals surface area contributed by atoms with Gasteiger partial charge >= 0.3 is 0 Å². The van der Waals surface area contributed by atoms with Crippen molar-refractivity contribution in [2.24, 2.45) is 0 Å². The van der Waals surface area contributed by atoms with E-state index in [4.69, 9.17) is 4.74 Å².